The molecule has 2 aliphatic heterocycles. The largest absolute Gasteiger partial charge is 0.463 e. The Morgan fingerprint density at radius 2 is 1.56 bits per heavy atom. The van der Waals surface area contributed by atoms with E-state index in [-0.39, 0.29) is 19.1 Å². The Balaban J connectivity index is 1.78. The van der Waals surface area contributed by atoms with Crippen LogP contribution in [0, 0.1) is 0 Å². The van der Waals surface area contributed by atoms with E-state index in [2.05, 4.69) is 4.99 Å². The molecule has 0 aliphatic carbocycles. The maximum absolute atomic E-state index is 12.5. The first-order valence-electron chi connectivity index (χ1n) is 9.83. The van der Waals surface area contributed by atoms with Crippen molar-refractivity contribution in [2.24, 2.45) is 4.99 Å². The summed E-state index contributed by atoms with van der Waals surface area (Å²) in [4.78, 5) is 51.2. The predicted octanol–water partition coefficient (Wildman–Crippen LogP) is 0.678. The van der Waals surface area contributed by atoms with Crippen LogP contribution in [0.3, 0.4) is 0 Å². The molecule has 1 fully saturated rings. The molecule has 0 aromatic heterocycles. The van der Waals surface area contributed by atoms with Gasteiger partial charge in [-0.1, -0.05) is 30.3 Å². The van der Waals surface area contributed by atoms with Gasteiger partial charge in [0.15, 0.2) is 18.2 Å². The molecule has 5 unspecified atom stereocenters. The second-order valence-corrected chi connectivity index (χ2v) is 7.10. The molecule has 5 atom stereocenters. The fourth-order valence-corrected chi connectivity index (χ4v) is 3.28. The molecular formula is C21H23NO10. The van der Waals surface area contributed by atoms with E-state index in [1.807, 2.05) is 6.07 Å². The Kier molecular flexibility index (Phi) is 7.41. The molecule has 2 aliphatic rings. The molecule has 0 radical (unpaired) electrons. The lowest BCUT2D eigenvalue weighted by atomic mass is 9.97. The van der Waals surface area contributed by atoms with Gasteiger partial charge in [0.1, 0.15) is 19.3 Å². The highest BCUT2D eigenvalue weighted by Crippen LogP contribution is 2.33. The molecule has 0 saturated carbocycles. The fraction of sp³-hybridized carbons (Fsp3) is 0.476. The second-order valence-electron chi connectivity index (χ2n) is 7.10. The Bertz CT molecular complexity index is 899. The van der Waals surface area contributed by atoms with Gasteiger partial charge in [-0.25, -0.2) is 9.79 Å². The van der Waals surface area contributed by atoms with E-state index in [1.54, 1.807) is 24.3 Å². The summed E-state index contributed by atoms with van der Waals surface area (Å²) in [5, 5.41) is 0. The van der Waals surface area contributed by atoms with E-state index in [0.29, 0.717) is 0 Å². The van der Waals surface area contributed by atoms with Crippen LogP contribution < -0.4 is 0 Å². The number of ether oxygens (including phenoxy) is 6. The number of fused-ring (bicyclic) bond motifs is 1. The maximum Gasteiger partial charge on any atom is 0.394 e. The van der Waals surface area contributed by atoms with Crippen molar-refractivity contribution in [3.63, 3.8) is 0 Å². The first-order chi connectivity index (χ1) is 15.2. The third kappa shape index (κ3) is 5.82. The molecule has 1 aromatic rings. The summed E-state index contributed by atoms with van der Waals surface area (Å²) in [5.74, 6) is -3.14. The highest BCUT2D eigenvalue weighted by Gasteiger charge is 2.55. The highest BCUT2D eigenvalue weighted by molar-refractivity contribution is 6.33. The summed E-state index contributed by atoms with van der Waals surface area (Å²) >= 11 is 0. The number of esters is 4. The molecule has 0 spiro atoms. The zero-order valence-corrected chi connectivity index (χ0v) is 17.7. The van der Waals surface area contributed by atoms with Crippen LogP contribution in [0.15, 0.2) is 35.3 Å². The van der Waals surface area contributed by atoms with Gasteiger partial charge in [0.2, 0.25) is 6.29 Å². The Morgan fingerprint density at radius 1 is 0.906 bits per heavy atom. The van der Waals surface area contributed by atoms with Crippen molar-refractivity contribution in [3.05, 3.63) is 35.9 Å². The fourth-order valence-electron chi connectivity index (χ4n) is 3.28. The van der Waals surface area contributed by atoms with E-state index in [1.165, 1.54) is 20.8 Å². The lowest BCUT2D eigenvalue weighted by Crippen LogP contribution is -2.60. The van der Waals surface area contributed by atoms with Gasteiger partial charge in [0.05, 0.1) is 0 Å². The predicted molar refractivity (Wildman–Crippen MR) is 105 cm³/mol. The number of nitrogens with zero attached hydrogens (tertiary/aromatic N) is 1. The van der Waals surface area contributed by atoms with Crippen LogP contribution in [0.1, 0.15) is 26.3 Å². The van der Waals surface area contributed by atoms with E-state index in [9.17, 15) is 19.2 Å². The molecule has 11 nitrogen and oxygen atoms in total. The number of carbonyl (C=O) groups excluding carboxylic acids is 4. The zero-order chi connectivity index (χ0) is 23.3. The van der Waals surface area contributed by atoms with E-state index < -0.39 is 54.5 Å². The minimum Gasteiger partial charge on any atom is -0.463 e. The monoisotopic (exact) mass is 449 g/mol. The molecule has 2 heterocycles. The van der Waals surface area contributed by atoms with Gasteiger partial charge in [-0.05, 0) is 5.56 Å². The Morgan fingerprint density at radius 3 is 2.19 bits per heavy atom. The number of benzene rings is 1. The highest BCUT2D eigenvalue weighted by atomic mass is 16.7. The van der Waals surface area contributed by atoms with Crippen molar-refractivity contribution < 1.29 is 47.6 Å². The first-order valence-corrected chi connectivity index (χ1v) is 9.83. The van der Waals surface area contributed by atoms with Crippen molar-refractivity contribution >= 4 is 29.8 Å². The van der Waals surface area contributed by atoms with Gasteiger partial charge < -0.3 is 28.4 Å². The lowest BCUT2D eigenvalue weighted by molar-refractivity contribution is -0.249. The van der Waals surface area contributed by atoms with Crippen molar-refractivity contribution in [2.75, 3.05) is 6.61 Å². The molecule has 3 rings (SSSR count). The van der Waals surface area contributed by atoms with Gasteiger partial charge >= 0.3 is 23.9 Å². The maximum atomic E-state index is 12.5. The van der Waals surface area contributed by atoms with Gasteiger partial charge in [-0.15, -0.1) is 0 Å². The second kappa shape index (κ2) is 10.2. The molecule has 1 saturated heterocycles. The number of hydrogen-bond donors (Lipinski definition) is 0. The molecule has 1 aromatic carbocycles. The van der Waals surface area contributed by atoms with Crippen LogP contribution in [0.2, 0.25) is 0 Å². The van der Waals surface area contributed by atoms with Gasteiger partial charge in [-0.2, -0.15) is 0 Å². The number of hydrogen-bond acceptors (Lipinski definition) is 11. The average Bonchev–Trinajstić information content (AvgIpc) is 3.16. The Hall–Kier alpha value is -3.47. The number of carbonyl (C=O) groups is 4. The third-order valence-electron chi connectivity index (χ3n) is 4.55. The molecule has 172 valence electrons. The minimum atomic E-state index is -1.15. The number of aliphatic imine (C=N–C) groups is 1. The summed E-state index contributed by atoms with van der Waals surface area (Å²) in [6, 6.07) is 8.00. The van der Waals surface area contributed by atoms with Crippen LogP contribution in [-0.4, -0.2) is 67.0 Å². The molecule has 32 heavy (non-hydrogen) atoms. The number of rotatable bonds is 7. The summed E-state index contributed by atoms with van der Waals surface area (Å²) in [6.45, 7) is 3.24. The SMILES string of the molecule is CC(=O)OCC1OC2OC(C(=O)OCc3ccccc3)=NC2C(OC(C)=O)C1OC(C)=O. The average molecular weight is 449 g/mol. The van der Waals surface area contributed by atoms with Gasteiger partial charge in [0.25, 0.3) is 5.90 Å². The first kappa shape index (κ1) is 23.2. The van der Waals surface area contributed by atoms with E-state index in [4.69, 9.17) is 28.4 Å². The molecule has 11 heteroatoms. The molecular weight excluding hydrogens is 426 g/mol. The smallest absolute Gasteiger partial charge is 0.394 e. The quantitative estimate of drug-likeness (QED) is 0.432. The van der Waals surface area contributed by atoms with Crippen LogP contribution in [0.4, 0.5) is 0 Å². The van der Waals surface area contributed by atoms with Crippen molar-refractivity contribution in [1.29, 1.82) is 0 Å². The normalized spacial score (nSPS) is 26.1. The van der Waals surface area contributed by atoms with Crippen molar-refractivity contribution in [1.82, 2.24) is 0 Å². The van der Waals surface area contributed by atoms with Crippen LogP contribution in [0.25, 0.3) is 0 Å². The molecule has 0 bridgehead atoms. The summed E-state index contributed by atoms with van der Waals surface area (Å²) in [6.07, 6.45) is -4.46. The molecule has 0 N–H and O–H groups in total. The van der Waals surface area contributed by atoms with Crippen LogP contribution in [-0.2, 0) is 54.2 Å². The van der Waals surface area contributed by atoms with Crippen LogP contribution in [0.5, 0.6) is 0 Å². The standard InChI is InChI=1S/C21H23NO10/c1-11(23)27-10-15-17(29-12(2)24)18(30-13(3)25)16-21(31-15)32-19(22-16)20(26)28-9-14-7-5-4-6-8-14/h4-8,15-18,21H,9-10H2,1-3H3. The summed E-state index contributed by atoms with van der Waals surface area (Å²) < 4.78 is 32.1. The zero-order valence-electron chi connectivity index (χ0n) is 17.7. The third-order valence-corrected chi connectivity index (χ3v) is 4.55. The van der Waals surface area contributed by atoms with Gasteiger partial charge in [0, 0.05) is 20.8 Å². The molecule has 0 amide bonds. The summed E-state index contributed by atoms with van der Waals surface area (Å²) in [7, 11) is 0. The minimum absolute atomic E-state index is 0.00321. The summed E-state index contributed by atoms with van der Waals surface area (Å²) in [5.41, 5.74) is 0.766. The van der Waals surface area contributed by atoms with Crippen LogP contribution >= 0.6 is 0 Å². The Labute approximate surface area is 183 Å². The van der Waals surface area contributed by atoms with E-state index in [0.717, 1.165) is 5.56 Å². The van der Waals surface area contributed by atoms with Gasteiger partial charge in [-0.3, -0.25) is 14.4 Å². The van der Waals surface area contributed by atoms with E-state index >= 15 is 0 Å². The van der Waals surface area contributed by atoms with Crippen molar-refractivity contribution in [2.45, 2.75) is 58.0 Å². The lowest BCUT2D eigenvalue weighted by Gasteiger charge is -2.40. The van der Waals surface area contributed by atoms with Crippen molar-refractivity contribution in [3.8, 4) is 0 Å². The topological polar surface area (TPSA) is 136 Å².